The van der Waals surface area contributed by atoms with E-state index in [0.717, 1.165) is 6.42 Å². The molecular formula is C12H15NO3S. The van der Waals surface area contributed by atoms with Gasteiger partial charge in [0.15, 0.2) is 0 Å². The molecule has 2 heterocycles. The van der Waals surface area contributed by atoms with Crippen LogP contribution in [0.25, 0.3) is 0 Å². The van der Waals surface area contributed by atoms with Gasteiger partial charge in [-0.15, -0.1) is 11.3 Å². The Hall–Kier alpha value is -1.36. The molecule has 1 N–H and O–H groups in total. The van der Waals surface area contributed by atoms with Crippen LogP contribution in [-0.2, 0) is 4.79 Å². The molecule has 0 aliphatic carbocycles. The molecule has 2 rings (SSSR count). The van der Waals surface area contributed by atoms with E-state index < -0.39 is 11.4 Å². The number of thiophene rings is 1. The van der Waals surface area contributed by atoms with Crippen LogP contribution in [0.4, 0.5) is 0 Å². The zero-order valence-corrected chi connectivity index (χ0v) is 10.5. The first-order valence-corrected chi connectivity index (χ1v) is 6.47. The number of rotatable bonds is 2. The molecule has 0 spiro atoms. The van der Waals surface area contributed by atoms with Gasteiger partial charge in [-0.05, 0) is 31.2 Å². The summed E-state index contributed by atoms with van der Waals surface area (Å²) in [5, 5.41) is 11.0. The van der Waals surface area contributed by atoms with E-state index in [1.54, 1.807) is 17.9 Å². The number of hydrogen-bond acceptors (Lipinski definition) is 3. The predicted octanol–water partition coefficient (Wildman–Crippen LogP) is 2.08. The highest BCUT2D eigenvalue weighted by Gasteiger charge is 2.39. The summed E-state index contributed by atoms with van der Waals surface area (Å²) in [7, 11) is 0. The predicted molar refractivity (Wildman–Crippen MR) is 65.2 cm³/mol. The highest BCUT2D eigenvalue weighted by molar-refractivity contribution is 7.12. The Balaban J connectivity index is 2.13. The molecule has 5 heteroatoms. The summed E-state index contributed by atoms with van der Waals surface area (Å²) in [4.78, 5) is 25.6. The van der Waals surface area contributed by atoms with Crippen molar-refractivity contribution in [1.29, 1.82) is 0 Å². The molecule has 1 fully saturated rings. The Kier molecular flexibility index (Phi) is 3.19. The van der Waals surface area contributed by atoms with Crippen molar-refractivity contribution in [2.45, 2.75) is 19.8 Å². The standard InChI is InChI=1S/C12H15NO3S/c1-12(11(15)16)5-3-6-13(8-12)10(14)9-4-2-7-17-9/h2,4,7H,3,5-6,8H2,1H3,(H,15,16). The van der Waals surface area contributed by atoms with Crippen LogP contribution in [0.5, 0.6) is 0 Å². The average Bonchev–Trinajstić information content (AvgIpc) is 2.81. The molecule has 92 valence electrons. The molecule has 0 aromatic carbocycles. The molecule has 17 heavy (non-hydrogen) atoms. The van der Waals surface area contributed by atoms with Gasteiger partial charge in [0.1, 0.15) is 0 Å². The van der Waals surface area contributed by atoms with E-state index in [1.165, 1.54) is 11.3 Å². The second kappa shape index (κ2) is 4.49. The largest absolute Gasteiger partial charge is 0.481 e. The van der Waals surface area contributed by atoms with E-state index in [1.807, 2.05) is 11.4 Å². The number of carbonyl (C=O) groups excluding carboxylic acids is 1. The third-order valence-electron chi connectivity index (χ3n) is 3.23. The fourth-order valence-electron chi connectivity index (χ4n) is 2.14. The zero-order valence-electron chi connectivity index (χ0n) is 9.68. The summed E-state index contributed by atoms with van der Waals surface area (Å²) in [5.41, 5.74) is -0.800. The summed E-state index contributed by atoms with van der Waals surface area (Å²) in [6, 6.07) is 3.61. The van der Waals surface area contributed by atoms with Crippen molar-refractivity contribution in [2.75, 3.05) is 13.1 Å². The Bertz CT molecular complexity index is 429. The highest BCUT2D eigenvalue weighted by atomic mass is 32.1. The Morgan fingerprint density at radius 1 is 1.53 bits per heavy atom. The maximum Gasteiger partial charge on any atom is 0.311 e. The third kappa shape index (κ3) is 2.34. The Morgan fingerprint density at radius 3 is 2.88 bits per heavy atom. The van der Waals surface area contributed by atoms with E-state index in [2.05, 4.69) is 0 Å². The van der Waals surface area contributed by atoms with E-state index in [-0.39, 0.29) is 5.91 Å². The van der Waals surface area contributed by atoms with Crippen LogP contribution in [0.2, 0.25) is 0 Å². The first-order chi connectivity index (χ1) is 8.03. The SMILES string of the molecule is CC1(C(=O)O)CCCN(C(=O)c2cccs2)C1. The van der Waals surface area contributed by atoms with Gasteiger partial charge in [-0.25, -0.2) is 0 Å². The maximum absolute atomic E-state index is 12.1. The molecule has 1 aromatic rings. The van der Waals surface area contributed by atoms with Crippen molar-refractivity contribution in [2.24, 2.45) is 5.41 Å². The summed E-state index contributed by atoms with van der Waals surface area (Å²) in [5.74, 6) is -0.867. The monoisotopic (exact) mass is 253 g/mol. The van der Waals surface area contributed by atoms with Crippen molar-refractivity contribution in [3.63, 3.8) is 0 Å². The molecule has 1 aliphatic rings. The Labute approximate surface area is 104 Å². The van der Waals surface area contributed by atoms with Gasteiger partial charge in [-0.1, -0.05) is 6.07 Å². The number of likely N-dealkylation sites (tertiary alicyclic amines) is 1. The molecule has 1 unspecified atom stereocenters. The minimum absolute atomic E-state index is 0.0489. The first-order valence-electron chi connectivity index (χ1n) is 5.59. The van der Waals surface area contributed by atoms with Gasteiger partial charge in [0.2, 0.25) is 0 Å². The number of amides is 1. The van der Waals surface area contributed by atoms with Crippen LogP contribution in [0, 0.1) is 5.41 Å². The van der Waals surface area contributed by atoms with Crippen LogP contribution < -0.4 is 0 Å². The van der Waals surface area contributed by atoms with Crippen molar-refractivity contribution >= 4 is 23.2 Å². The zero-order chi connectivity index (χ0) is 12.5. The average molecular weight is 253 g/mol. The van der Waals surface area contributed by atoms with Gasteiger partial charge in [0.05, 0.1) is 10.3 Å². The fourth-order valence-corrected chi connectivity index (χ4v) is 2.83. The highest BCUT2D eigenvalue weighted by Crippen LogP contribution is 2.30. The molecule has 1 saturated heterocycles. The number of carbonyl (C=O) groups is 2. The first kappa shape index (κ1) is 12.1. The lowest BCUT2D eigenvalue weighted by atomic mass is 9.82. The van der Waals surface area contributed by atoms with Crippen LogP contribution in [0.3, 0.4) is 0 Å². The molecule has 0 radical (unpaired) electrons. The third-order valence-corrected chi connectivity index (χ3v) is 4.09. The molecule has 1 aliphatic heterocycles. The number of nitrogens with zero attached hydrogens (tertiary/aromatic N) is 1. The second-order valence-corrected chi connectivity index (χ2v) is 5.62. The lowest BCUT2D eigenvalue weighted by Gasteiger charge is -2.37. The summed E-state index contributed by atoms with van der Waals surface area (Å²) in [6.45, 7) is 2.67. The Morgan fingerprint density at radius 2 is 2.29 bits per heavy atom. The fraction of sp³-hybridized carbons (Fsp3) is 0.500. The van der Waals surface area contributed by atoms with Gasteiger partial charge in [-0.3, -0.25) is 9.59 Å². The molecule has 4 nitrogen and oxygen atoms in total. The second-order valence-electron chi connectivity index (χ2n) is 4.67. The van der Waals surface area contributed by atoms with Gasteiger partial charge < -0.3 is 10.0 Å². The number of carboxylic acid groups (broad SMARTS) is 1. The lowest BCUT2D eigenvalue weighted by molar-refractivity contribution is -0.150. The smallest absolute Gasteiger partial charge is 0.311 e. The summed E-state index contributed by atoms with van der Waals surface area (Å²) < 4.78 is 0. The number of hydrogen-bond donors (Lipinski definition) is 1. The minimum atomic E-state index is -0.818. The molecule has 1 aromatic heterocycles. The molecular weight excluding hydrogens is 238 g/mol. The van der Waals surface area contributed by atoms with Crippen molar-refractivity contribution in [1.82, 2.24) is 4.90 Å². The van der Waals surface area contributed by atoms with Gasteiger partial charge in [-0.2, -0.15) is 0 Å². The molecule has 0 bridgehead atoms. The van der Waals surface area contributed by atoms with E-state index in [9.17, 15) is 14.7 Å². The lowest BCUT2D eigenvalue weighted by Crippen LogP contribution is -2.48. The van der Waals surface area contributed by atoms with Gasteiger partial charge >= 0.3 is 5.97 Å². The number of aliphatic carboxylic acids is 1. The normalized spacial score (nSPS) is 24.6. The molecule has 1 amide bonds. The quantitative estimate of drug-likeness (QED) is 0.877. The van der Waals surface area contributed by atoms with Crippen LogP contribution >= 0.6 is 11.3 Å². The van der Waals surface area contributed by atoms with Crippen LogP contribution in [0.15, 0.2) is 17.5 Å². The summed E-state index contributed by atoms with van der Waals surface area (Å²) in [6.07, 6.45) is 1.39. The molecule has 0 saturated carbocycles. The minimum Gasteiger partial charge on any atom is -0.481 e. The van der Waals surface area contributed by atoms with Crippen molar-refractivity contribution in [3.05, 3.63) is 22.4 Å². The van der Waals surface area contributed by atoms with Crippen LogP contribution in [0.1, 0.15) is 29.4 Å². The van der Waals surface area contributed by atoms with Crippen LogP contribution in [-0.4, -0.2) is 35.0 Å². The van der Waals surface area contributed by atoms with E-state index in [4.69, 9.17) is 0 Å². The van der Waals surface area contributed by atoms with Crippen molar-refractivity contribution in [3.8, 4) is 0 Å². The van der Waals surface area contributed by atoms with Gasteiger partial charge in [0.25, 0.3) is 5.91 Å². The summed E-state index contributed by atoms with van der Waals surface area (Å²) >= 11 is 1.39. The molecule has 1 atom stereocenters. The topological polar surface area (TPSA) is 57.6 Å². The van der Waals surface area contributed by atoms with E-state index >= 15 is 0 Å². The number of carboxylic acids is 1. The van der Waals surface area contributed by atoms with Crippen molar-refractivity contribution < 1.29 is 14.7 Å². The van der Waals surface area contributed by atoms with Gasteiger partial charge in [0, 0.05) is 13.1 Å². The maximum atomic E-state index is 12.1. The van der Waals surface area contributed by atoms with E-state index in [0.29, 0.717) is 24.4 Å². The number of piperidine rings is 1.